The van der Waals surface area contributed by atoms with E-state index in [4.69, 9.17) is 0 Å². The smallest absolute Gasteiger partial charge is 0.254 e. The Balaban J connectivity index is 1.49. The fourth-order valence-electron chi connectivity index (χ4n) is 4.62. The van der Waals surface area contributed by atoms with E-state index in [0.717, 1.165) is 29.8 Å². The van der Waals surface area contributed by atoms with Crippen LogP contribution in [0.5, 0.6) is 0 Å². The molecule has 6 nitrogen and oxygen atoms in total. The van der Waals surface area contributed by atoms with Gasteiger partial charge in [-0.15, -0.1) is 0 Å². The van der Waals surface area contributed by atoms with Crippen LogP contribution in [0.1, 0.15) is 40.5 Å². The quantitative estimate of drug-likeness (QED) is 0.645. The highest BCUT2D eigenvalue weighted by atomic mass is 32.2. The predicted octanol–water partition coefficient (Wildman–Crippen LogP) is 3.32. The van der Waals surface area contributed by atoms with Gasteiger partial charge in [0.05, 0.1) is 28.5 Å². The monoisotopic (exact) mass is 425 g/mol. The predicted molar refractivity (Wildman–Crippen MR) is 109 cm³/mol. The number of rotatable bonds is 3. The summed E-state index contributed by atoms with van der Waals surface area (Å²) in [6.07, 6.45) is 5.35. The topological polar surface area (TPSA) is 72.3 Å². The molecule has 2 atom stereocenters. The zero-order valence-corrected chi connectivity index (χ0v) is 17.1. The van der Waals surface area contributed by atoms with Gasteiger partial charge in [0.2, 0.25) is 0 Å². The molecule has 3 heterocycles. The Bertz CT molecular complexity index is 1250. The molecule has 2 aliphatic heterocycles. The maximum atomic E-state index is 13.6. The first kappa shape index (κ1) is 19.0. The Labute approximate surface area is 173 Å². The van der Waals surface area contributed by atoms with Gasteiger partial charge in [-0.05, 0) is 55.3 Å². The molecule has 2 aliphatic rings. The molecule has 0 unspecified atom stereocenters. The average molecular weight is 425 g/mol. The minimum atomic E-state index is -3.26. The summed E-state index contributed by atoms with van der Waals surface area (Å²) in [6.45, 7) is 0. The number of nitrogens with zero attached hydrogens (tertiary/aromatic N) is 3. The molecular weight excluding hydrogens is 405 g/mol. The van der Waals surface area contributed by atoms with Crippen LogP contribution in [0.15, 0.2) is 59.6 Å². The minimum Gasteiger partial charge on any atom is -0.328 e. The Kier molecular flexibility index (Phi) is 4.28. The van der Waals surface area contributed by atoms with Crippen molar-refractivity contribution in [3.8, 4) is 5.69 Å². The molecule has 0 radical (unpaired) electrons. The van der Waals surface area contributed by atoms with E-state index in [9.17, 15) is 17.6 Å². The van der Waals surface area contributed by atoms with E-state index >= 15 is 0 Å². The molecule has 5 rings (SSSR count). The average Bonchev–Trinajstić information content (AvgIpc) is 3.28. The van der Waals surface area contributed by atoms with Crippen LogP contribution < -0.4 is 0 Å². The Morgan fingerprint density at radius 1 is 1.13 bits per heavy atom. The van der Waals surface area contributed by atoms with Crippen molar-refractivity contribution in [2.45, 2.75) is 36.2 Å². The molecule has 1 saturated heterocycles. The number of carbonyl (C=O) groups is 1. The Morgan fingerprint density at radius 2 is 1.90 bits per heavy atom. The molecule has 30 heavy (non-hydrogen) atoms. The van der Waals surface area contributed by atoms with Gasteiger partial charge in [-0.3, -0.25) is 4.79 Å². The Hall–Kier alpha value is -3.00. The van der Waals surface area contributed by atoms with Gasteiger partial charge in [-0.2, -0.15) is 5.10 Å². The molecule has 154 valence electrons. The van der Waals surface area contributed by atoms with Crippen molar-refractivity contribution >= 4 is 15.7 Å². The zero-order chi connectivity index (χ0) is 21.0. The van der Waals surface area contributed by atoms with E-state index < -0.39 is 15.7 Å². The van der Waals surface area contributed by atoms with Gasteiger partial charge in [-0.1, -0.05) is 6.07 Å². The van der Waals surface area contributed by atoms with Crippen LogP contribution in [0.25, 0.3) is 5.69 Å². The molecule has 0 saturated carbocycles. The van der Waals surface area contributed by atoms with Crippen LogP contribution in [0.4, 0.5) is 4.39 Å². The van der Waals surface area contributed by atoms with Crippen LogP contribution in [0.2, 0.25) is 0 Å². The minimum absolute atomic E-state index is 0.0315. The third kappa shape index (κ3) is 3.02. The number of hydrogen-bond acceptors (Lipinski definition) is 4. The van der Waals surface area contributed by atoms with E-state index in [1.165, 1.54) is 18.4 Å². The van der Waals surface area contributed by atoms with E-state index in [0.29, 0.717) is 12.0 Å². The molecule has 3 aromatic rings. The van der Waals surface area contributed by atoms with E-state index in [-0.39, 0.29) is 22.9 Å². The molecule has 0 aliphatic carbocycles. The highest BCUT2D eigenvalue weighted by molar-refractivity contribution is 7.90. The second-order valence-corrected chi connectivity index (χ2v) is 9.91. The zero-order valence-electron chi connectivity index (χ0n) is 16.3. The summed E-state index contributed by atoms with van der Waals surface area (Å²) in [5, 5.41) is 4.53. The number of benzene rings is 2. The normalized spacial score (nSPS) is 20.3. The maximum Gasteiger partial charge on any atom is 0.254 e. The van der Waals surface area contributed by atoms with Gasteiger partial charge in [0, 0.05) is 29.8 Å². The summed E-state index contributed by atoms with van der Waals surface area (Å²) in [6, 6.07) is 12.4. The SMILES string of the molecule is CS(=O)(=O)c1ccc(-n2ncc3c2C[C@H]2CC[C@H]3N2C(=O)c2cccc(F)c2)cc1. The second-order valence-electron chi connectivity index (χ2n) is 7.90. The molecule has 0 N–H and O–H groups in total. The van der Waals surface area contributed by atoms with E-state index in [1.54, 1.807) is 42.6 Å². The van der Waals surface area contributed by atoms with Crippen LogP contribution in [-0.4, -0.2) is 41.3 Å². The fourth-order valence-corrected chi connectivity index (χ4v) is 5.25. The fraction of sp³-hybridized carbons (Fsp3) is 0.273. The number of amides is 1. The van der Waals surface area contributed by atoms with Crippen LogP contribution in [0, 0.1) is 5.82 Å². The highest BCUT2D eigenvalue weighted by Gasteiger charge is 2.44. The second kappa shape index (κ2) is 6.77. The molecule has 0 spiro atoms. The molecule has 2 bridgehead atoms. The summed E-state index contributed by atoms with van der Waals surface area (Å²) in [5.74, 6) is -0.575. The van der Waals surface area contributed by atoms with Crippen molar-refractivity contribution in [2.75, 3.05) is 6.26 Å². The number of halogens is 1. The van der Waals surface area contributed by atoms with E-state index in [1.807, 2.05) is 9.58 Å². The summed E-state index contributed by atoms with van der Waals surface area (Å²) < 4.78 is 38.9. The Morgan fingerprint density at radius 3 is 2.60 bits per heavy atom. The number of fused-ring (bicyclic) bond motifs is 4. The molecule has 1 fully saturated rings. The van der Waals surface area contributed by atoms with Gasteiger partial charge in [0.1, 0.15) is 5.82 Å². The van der Waals surface area contributed by atoms with Gasteiger partial charge in [-0.25, -0.2) is 17.5 Å². The lowest BCUT2D eigenvalue weighted by Gasteiger charge is -2.35. The van der Waals surface area contributed by atoms with Crippen molar-refractivity contribution in [3.05, 3.63) is 77.4 Å². The van der Waals surface area contributed by atoms with Gasteiger partial charge >= 0.3 is 0 Å². The molecular formula is C22H20FN3O3S. The van der Waals surface area contributed by atoms with Crippen molar-refractivity contribution in [2.24, 2.45) is 0 Å². The van der Waals surface area contributed by atoms with Crippen LogP contribution >= 0.6 is 0 Å². The number of aromatic nitrogens is 2. The number of carbonyl (C=O) groups excluding carboxylic acids is 1. The first-order valence-electron chi connectivity index (χ1n) is 9.78. The standard InChI is InChI=1S/C22H20FN3O3S/c1-30(28,29)18-8-5-16(6-9-18)26-21-12-17-7-10-20(19(21)13-24-26)25(17)22(27)14-3-2-4-15(23)11-14/h2-6,8-9,11,13,17,20H,7,10,12H2,1H3/t17-,20-/m1/s1. The third-order valence-corrected chi connectivity index (χ3v) is 7.14. The summed E-state index contributed by atoms with van der Waals surface area (Å²) in [5.41, 5.74) is 3.19. The molecule has 2 aromatic carbocycles. The van der Waals surface area contributed by atoms with Gasteiger partial charge < -0.3 is 4.90 Å². The van der Waals surface area contributed by atoms with Crippen molar-refractivity contribution in [1.82, 2.24) is 14.7 Å². The molecule has 8 heteroatoms. The van der Waals surface area contributed by atoms with Crippen LogP contribution in [0.3, 0.4) is 0 Å². The van der Waals surface area contributed by atoms with Gasteiger partial charge in [0.15, 0.2) is 9.84 Å². The van der Waals surface area contributed by atoms with Crippen LogP contribution in [-0.2, 0) is 16.3 Å². The number of hydrogen-bond donors (Lipinski definition) is 0. The summed E-state index contributed by atoms with van der Waals surface area (Å²) in [4.78, 5) is 15.2. The molecule has 1 amide bonds. The lowest BCUT2D eigenvalue weighted by Crippen LogP contribution is -2.42. The third-order valence-electron chi connectivity index (χ3n) is 6.01. The maximum absolute atomic E-state index is 13.6. The summed E-state index contributed by atoms with van der Waals surface area (Å²) >= 11 is 0. The first-order chi connectivity index (χ1) is 14.3. The van der Waals surface area contributed by atoms with E-state index in [2.05, 4.69) is 5.10 Å². The van der Waals surface area contributed by atoms with Crippen molar-refractivity contribution in [1.29, 1.82) is 0 Å². The lowest BCUT2D eigenvalue weighted by molar-refractivity contribution is 0.0644. The number of sulfone groups is 1. The van der Waals surface area contributed by atoms with Crippen molar-refractivity contribution in [3.63, 3.8) is 0 Å². The summed E-state index contributed by atoms with van der Waals surface area (Å²) in [7, 11) is -3.26. The van der Waals surface area contributed by atoms with Gasteiger partial charge in [0.25, 0.3) is 5.91 Å². The molecule has 1 aromatic heterocycles. The highest BCUT2D eigenvalue weighted by Crippen LogP contribution is 2.44. The van der Waals surface area contributed by atoms with Crippen molar-refractivity contribution < 1.29 is 17.6 Å². The first-order valence-corrected chi connectivity index (χ1v) is 11.7. The lowest BCUT2D eigenvalue weighted by atomic mass is 9.98. The largest absolute Gasteiger partial charge is 0.328 e.